The van der Waals surface area contributed by atoms with Crippen LogP contribution in [0.25, 0.3) is 0 Å². The largest absolute Gasteiger partial charge is 0.477 e. The van der Waals surface area contributed by atoms with E-state index in [4.69, 9.17) is 5.11 Å². The minimum atomic E-state index is -1.09. The first-order valence-electron chi connectivity index (χ1n) is 6.24. The zero-order chi connectivity index (χ0) is 14.7. The second-order valence-electron chi connectivity index (χ2n) is 4.70. The van der Waals surface area contributed by atoms with Crippen molar-refractivity contribution in [3.63, 3.8) is 0 Å². The van der Waals surface area contributed by atoms with Crippen LogP contribution in [0.4, 0.5) is 5.69 Å². The maximum atomic E-state index is 12.0. The van der Waals surface area contributed by atoms with E-state index in [2.05, 4.69) is 10.3 Å². The summed E-state index contributed by atoms with van der Waals surface area (Å²) in [5.41, 5.74) is 2.95. The van der Waals surface area contributed by atoms with Crippen LogP contribution in [0.1, 0.15) is 27.3 Å². The number of carboxylic acid groups (broad SMARTS) is 1. The third-order valence-corrected chi connectivity index (χ3v) is 3.05. The molecule has 1 heterocycles. The van der Waals surface area contributed by atoms with E-state index in [1.807, 2.05) is 31.2 Å². The van der Waals surface area contributed by atoms with Gasteiger partial charge in [0, 0.05) is 5.69 Å². The first kappa shape index (κ1) is 13.9. The number of carboxylic acids is 1. The minimum Gasteiger partial charge on any atom is -0.477 e. The predicted octanol–water partition coefficient (Wildman–Crippen LogP) is 2.51. The van der Waals surface area contributed by atoms with Crippen LogP contribution in [-0.4, -0.2) is 22.0 Å². The molecule has 0 atom stereocenters. The molecule has 1 amide bonds. The first-order chi connectivity index (χ1) is 9.47. The molecule has 2 rings (SSSR count). The maximum absolute atomic E-state index is 12.0. The number of nitrogens with one attached hydrogen (secondary N) is 2. The standard InChI is InChI=1S/C15H16N2O3/c1-9-5-3-4-6-11(9)8-13(18)17-12-7-10(2)16-14(12)15(19)20/h3-7,16H,8H2,1-2H3,(H,17,18)(H,19,20). The number of amides is 1. The molecule has 3 N–H and O–H groups in total. The Balaban J connectivity index is 2.13. The van der Waals surface area contributed by atoms with Crippen LogP contribution in [0.5, 0.6) is 0 Å². The van der Waals surface area contributed by atoms with Crippen molar-refractivity contribution in [2.75, 3.05) is 5.32 Å². The summed E-state index contributed by atoms with van der Waals surface area (Å²) in [6.07, 6.45) is 0.218. The van der Waals surface area contributed by atoms with E-state index in [0.717, 1.165) is 11.1 Å². The lowest BCUT2D eigenvalue weighted by Crippen LogP contribution is -2.16. The van der Waals surface area contributed by atoms with E-state index in [1.165, 1.54) is 0 Å². The van der Waals surface area contributed by atoms with E-state index < -0.39 is 5.97 Å². The zero-order valence-corrected chi connectivity index (χ0v) is 11.4. The molecule has 0 bridgehead atoms. The second kappa shape index (κ2) is 5.61. The molecular formula is C15H16N2O3. The van der Waals surface area contributed by atoms with Crippen LogP contribution in [-0.2, 0) is 11.2 Å². The molecule has 0 radical (unpaired) electrons. The van der Waals surface area contributed by atoms with Crippen LogP contribution < -0.4 is 5.32 Å². The van der Waals surface area contributed by atoms with Gasteiger partial charge in [0.1, 0.15) is 5.69 Å². The van der Waals surface area contributed by atoms with Gasteiger partial charge >= 0.3 is 5.97 Å². The molecule has 2 aromatic rings. The summed E-state index contributed by atoms with van der Waals surface area (Å²) >= 11 is 0. The number of aryl methyl sites for hydroxylation is 2. The van der Waals surface area contributed by atoms with E-state index in [9.17, 15) is 9.59 Å². The molecule has 20 heavy (non-hydrogen) atoms. The Kier molecular flexibility index (Phi) is 3.89. The Morgan fingerprint density at radius 1 is 1.25 bits per heavy atom. The van der Waals surface area contributed by atoms with Gasteiger partial charge in [-0.2, -0.15) is 0 Å². The van der Waals surface area contributed by atoms with Crippen LogP contribution in [0.15, 0.2) is 30.3 Å². The van der Waals surface area contributed by atoms with Crippen molar-refractivity contribution in [1.82, 2.24) is 4.98 Å². The normalized spacial score (nSPS) is 10.3. The number of hydrogen-bond donors (Lipinski definition) is 3. The number of anilines is 1. The number of aromatic nitrogens is 1. The molecule has 0 aliphatic carbocycles. The molecule has 1 aromatic heterocycles. The van der Waals surface area contributed by atoms with Gasteiger partial charge in [0.25, 0.3) is 0 Å². The average Bonchev–Trinajstić information content (AvgIpc) is 2.73. The van der Waals surface area contributed by atoms with Gasteiger partial charge in [-0.3, -0.25) is 4.79 Å². The Morgan fingerprint density at radius 2 is 1.95 bits per heavy atom. The molecule has 0 saturated heterocycles. The topological polar surface area (TPSA) is 82.2 Å². The zero-order valence-electron chi connectivity index (χ0n) is 11.4. The summed E-state index contributed by atoms with van der Waals surface area (Å²) < 4.78 is 0. The fourth-order valence-electron chi connectivity index (χ4n) is 2.03. The van der Waals surface area contributed by atoms with Crippen LogP contribution >= 0.6 is 0 Å². The molecule has 5 heteroatoms. The van der Waals surface area contributed by atoms with Crippen molar-refractivity contribution >= 4 is 17.6 Å². The maximum Gasteiger partial charge on any atom is 0.354 e. The Hall–Kier alpha value is -2.56. The van der Waals surface area contributed by atoms with Crippen LogP contribution in [0.2, 0.25) is 0 Å². The molecule has 0 saturated carbocycles. The van der Waals surface area contributed by atoms with Crippen LogP contribution in [0, 0.1) is 13.8 Å². The average molecular weight is 272 g/mol. The number of hydrogen-bond acceptors (Lipinski definition) is 2. The number of aromatic amines is 1. The van der Waals surface area contributed by atoms with Gasteiger partial charge in [-0.15, -0.1) is 0 Å². The van der Waals surface area contributed by atoms with Gasteiger partial charge in [-0.25, -0.2) is 4.79 Å². The highest BCUT2D eigenvalue weighted by Crippen LogP contribution is 2.17. The molecule has 0 unspecified atom stereocenters. The molecule has 0 aliphatic heterocycles. The Bertz CT molecular complexity index is 659. The van der Waals surface area contributed by atoms with Crippen molar-refractivity contribution in [1.29, 1.82) is 0 Å². The van der Waals surface area contributed by atoms with Crippen molar-refractivity contribution in [2.45, 2.75) is 20.3 Å². The number of benzene rings is 1. The molecule has 0 aliphatic rings. The lowest BCUT2D eigenvalue weighted by Gasteiger charge is -2.06. The summed E-state index contributed by atoms with van der Waals surface area (Å²) in [4.78, 5) is 25.8. The highest BCUT2D eigenvalue weighted by atomic mass is 16.4. The quantitative estimate of drug-likeness (QED) is 0.799. The second-order valence-corrected chi connectivity index (χ2v) is 4.70. The third-order valence-electron chi connectivity index (χ3n) is 3.05. The van der Waals surface area contributed by atoms with E-state index in [1.54, 1.807) is 13.0 Å². The fourth-order valence-corrected chi connectivity index (χ4v) is 2.03. The number of rotatable bonds is 4. The molecule has 0 fully saturated rings. The summed E-state index contributed by atoms with van der Waals surface area (Å²) in [6, 6.07) is 9.22. The summed E-state index contributed by atoms with van der Waals surface area (Å²) in [6.45, 7) is 3.68. The van der Waals surface area contributed by atoms with E-state index in [-0.39, 0.29) is 18.0 Å². The Labute approximate surface area is 116 Å². The van der Waals surface area contributed by atoms with E-state index in [0.29, 0.717) is 11.4 Å². The molecule has 5 nitrogen and oxygen atoms in total. The molecule has 104 valence electrons. The predicted molar refractivity (Wildman–Crippen MR) is 76.0 cm³/mol. The molecule has 1 aromatic carbocycles. The van der Waals surface area contributed by atoms with Gasteiger partial charge in [0.2, 0.25) is 5.91 Å². The highest BCUT2D eigenvalue weighted by molar-refractivity contribution is 6.00. The van der Waals surface area contributed by atoms with Crippen LogP contribution in [0.3, 0.4) is 0 Å². The smallest absolute Gasteiger partial charge is 0.354 e. The van der Waals surface area contributed by atoms with Crippen molar-refractivity contribution in [2.24, 2.45) is 0 Å². The van der Waals surface area contributed by atoms with Crippen molar-refractivity contribution < 1.29 is 14.7 Å². The number of carbonyl (C=O) groups excluding carboxylic acids is 1. The van der Waals surface area contributed by atoms with Gasteiger partial charge in [-0.05, 0) is 31.0 Å². The summed E-state index contributed by atoms with van der Waals surface area (Å²) in [7, 11) is 0. The highest BCUT2D eigenvalue weighted by Gasteiger charge is 2.15. The summed E-state index contributed by atoms with van der Waals surface area (Å²) in [5, 5.41) is 11.7. The van der Waals surface area contributed by atoms with Crippen molar-refractivity contribution in [3.8, 4) is 0 Å². The van der Waals surface area contributed by atoms with Gasteiger partial charge in [0.15, 0.2) is 0 Å². The fraction of sp³-hybridized carbons (Fsp3) is 0.200. The SMILES string of the molecule is Cc1cc(NC(=O)Cc2ccccc2C)c(C(=O)O)[nH]1. The monoisotopic (exact) mass is 272 g/mol. The van der Waals surface area contributed by atoms with Gasteiger partial charge in [-0.1, -0.05) is 24.3 Å². The lowest BCUT2D eigenvalue weighted by molar-refractivity contribution is -0.115. The first-order valence-corrected chi connectivity index (χ1v) is 6.24. The van der Waals surface area contributed by atoms with E-state index >= 15 is 0 Å². The van der Waals surface area contributed by atoms with Gasteiger partial charge < -0.3 is 15.4 Å². The number of aromatic carboxylic acids is 1. The van der Waals surface area contributed by atoms with Gasteiger partial charge in [0.05, 0.1) is 12.1 Å². The minimum absolute atomic E-state index is 0.000587. The summed E-state index contributed by atoms with van der Waals surface area (Å²) in [5.74, 6) is -1.33. The third kappa shape index (κ3) is 3.06. The number of H-pyrrole nitrogens is 1. The molecule has 0 spiro atoms. The Morgan fingerprint density at radius 3 is 2.60 bits per heavy atom. The molecular weight excluding hydrogens is 256 g/mol. The van der Waals surface area contributed by atoms with Crippen molar-refractivity contribution in [3.05, 3.63) is 52.8 Å². The number of carbonyl (C=O) groups is 2. The lowest BCUT2D eigenvalue weighted by atomic mass is 10.1.